The van der Waals surface area contributed by atoms with Gasteiger partial charge >= 0.3 is 0 Å². The molecule has 7 heteroatoms. The molecule has 0 atom stereocenters. The van der Waals surface area contributed by atoms with Gasteiger partial charge in [0.2, 0.25) is 10.0 Å². The molecule has 0 radical (unpaired) electrons. The highest BCUT2D eigenvalue weighted by atomic mass is 32.2. The zero-order chi connectivity index (χ0) is 20.0. The topological polar surface area (TPSA) is 90.3 Å². The maximum atomic E-state index is 12.8. The van der Waals surface area contributed by atoms with Crippen LogP contribution < -0.4 is 5.32 Å². The first kappa shape index (κ1) is 20.6. The van der Waals surface area contributed by atoms with E-state index >= 15 is 0 Å². The molecule has 0 saturated heterocycles. The Morgan fingerprint density at radius 3 is 2.30 bits per heavy atom. The smallest absolute Gasteiger partial charge is 0.255 e. The Morgan fingerprint density at radius 1 is 1.11 bits per heavy atom. The number of sulfonamides is 1. The summed E-state index contributed by atoms with van der Waals surface area (Å²) in [5, 5.41) is 11.5. The number of amides is 1. The molecule has 2 rings (SSSR count). The zero-order valence-electron chi connectivity index (χ0n) is 15.7. The number of carbonyl (C=O) groups excluding carboxylic acids is 1. The fourth-order valence-corrected chi connectivity index (χ4v) is 4.43. The number of benzene rings is 2. The standard InChI is InChI=1S/C20H23N3O3S/c1-4-23(5-2)27(25,26)19-14-17(9-6-15(19)3)20(24)22-18-10-7-16(8-11-18)12-13-21/h6-11,14H,4-5,12H2,1-3H3,(H,22,24). The second-order valence-electron chi connectivity index (χ2n) is 6.06. The molecule has 6 nitrogen and oxygen atoms in total. The van der Waals surface area contributed by atoms with E-state index in [0.29, 0.717) is 30.8 Å². The van der Waals surface area contributed by atoms with Crippen LogP contribution in [0.3, 0.4) is 0 Å². The third-order valence-corrected chi connectivity index (χ3v) is 6.46. The summed E-state index contributed by atoms with van der Waals surface area (Å²) in [5.74, 6) is -0.390. The Balaban J connectivity index is 2.29. The van der Waals surface area contributed by atoms with Crippen LogP contribution in [-0.2, 0) is 16.4 Å². The molecule has 0 unspecified atom stereocenters. The molecule has 2 aromatic carbocycles. The summed E-state index contributed by atoms with van der Waals surface area (Å²) in [6.45, 7) is 6.01. The Kier molecular flexibility index (Phi) is 6.72. The van der Waals surface area contributed by atoms with Gasteiger partial charge in [0.25, 0.3) is 5.91 Å². The largest absolute Gasteiger partial charge is 0.322 e. The van der Waals surface area contributed by atoms with Crippen molar-refractivity contribution in [2.45, 2.75) is 32.1 Å². The maximum Gasteiger partial charge on any atom is 0.255 e. The molecule has 0 heterocycles. The van der Waals surface area contributed by atoms with E-state index in [2.05, 4.69) is 11.4 Å². The van der Waals surface area contributed by atoms with Crippen molar-refractivity contribution in [3.63, 3.8) is 0 Å². The van der Waals surface area contributed by atoms with E-state index in [1.165, 1.54) is 10.4 Å². The second-order valence-corrected chi connectivity index (χ2v) is 7.96. The van der Waals surface area contributed by atoms with Gasteiger partial charge in [0, 0.05) is 24.3 Å². The van der Waals surface area contributed by atoms with E-state index in [1.807, 2.05) is 0 Å². The van der Waals surface area contributed by atoms with Crippen LogP contribution in [0.1, 0.15) is 35.3 Å². The molecule has 27 heavy (non-hydrogen) atoms. The molecule has 1 amide bonds. The summed E-state index contributed by atoms with van der Waals surface area (Å²) >= 11 is 0. The van der Waals surface area contributed by atoms with Gasteiger partial charge in [-0.15, -0.1) is 0 Å². The van der Waals surface area contributed by atoms with Crippen molar-refractivity contribution in [2.24, 2.45) is 0 Å². The Bertz CT molecular complexity index is 957. The molecule has 1 N–H and O–H groups in total. The molecule has 142 valence electrons. The monoisotopic (exact) mass is 385 g/mol. The SMILES string of the molecule is CCN(CC)S(=O)(=O)c1cc(C(=O)Nc2ccc(CC#N)cc2)ccc1C. The lowest BCUT2D eigenvalue weighted by atomic mass is 10.1. The minimum absolute atomic E-state index is 0.142. The van der Waals surface area contributed by atoms with Crippen molar-refractivity contribution in [3.8, 4) is 6.07 Å². The summed E-state index contributed by atoms with van der Waals surface area (Å²) in [5.41, 5.74) is 2.31. The number of aryl methyl sites for hydroxylation is 1. The quantitative estimate of drug-likeness (QED) is 0.791. The Morgan fingerprint density at radius 2 is 1.74 bits per heavy atom. The lowest BCUT2D eigenvalue weighted by Gasteiger charge is -2.20. The van der Waals surface area contributed by atoms with Gasteiger partial charge in [0.05, 0.1) is 17.4 Å². The maximum absolute atomic E-state index is 12.8. The van der Waals surface area contributed by atoms with Crippen molar-refractivity contribution in [1.82, 2.24) is 4.31 Å². The van der Waals surface area contributed by atoms with E-state index in [9.17, 15) is 13.2 Å². The number of carbonyl (C=O) groups is 1. The van der Waals surface area contributed by atoms with Gasteiger partial charge in [-0.2, -0.15) is 9.57 Å². The van der Waals surface area contributed by atoms with Crippen LogP contribution in [-0.4, -0.2) is 31.7 Å². The lowest BCUT2D eigenvalue weighted by molar-refractivity contribution is 0.102. The van der Waals surface area contributed by atoms with Crippen molar-refractivity contribution >= 4 is 21.6 Å². The van der Waals surface area contributed by atoms with Crippen molar-refractivity contribution in [3.05, 3.63) is 59.2 Å². The minimum atomic E-state index is -3.65. The number of nitrogens with zero attached hydrogens (tertiary/aromatic N) is 2. The number of hydrogen-bond donors (Lipinski definition) is 1. The molecule has 0 aromatic heterocycles. The van der Waals surface area contributed by atoms with E-state index in [4.69, 9.17) is 5.26 Å². The fraction of sp³-hybridized carbons (Fsp3) is 0.300. The fourth-order valence-electron chi connectivity index (χ4n) is 2.72. The summed E-state index contributed by atoms with van der Waals surface area (Å²) in [7, 11) is -3.65. The van der Waals surface area contributed by atoms with Crippen molar-refractivity contribution in [2.75, 3.05) is 18.4 Å². The van der Waals surface area contributed by atoms with Gasteiger partial charge in [-0.1, -0.05) is 32.0 Å². The predicted octanol–water partition coefficient (Wildman–Crippen LogP) is 3.34. The first-order chi connectivity index (χ1) is 12.8. The summed E-state index contributed by atoms with van der Waals surface area (Å²) in [4.78, 5) is 12.7. The van der Waals surface area contributed by atoms with Gasteiger partial charge < -0.3 is 5.32 Å². The molecule has 0 spiro atoms. The van der Waals surface area contributed by atoms with Crippen LogP contribution in [0.15, 0.2) is 47.4 Å². The predicted molar refractivity (Wildman–Crippen MR) is 105 cm³/mol. The summed E-state index contributed by atoms with van der Waals surface area (Å²) < 4.78 is 27.0. The van der Waals surface area contributed by atoms with Gasteiger partial charge in [-0.3, -0.25) is 4.79 Å². The normalized spacial score (nSPS) is 11.2. The van der Waals surface area contributed by atoms with Gasteiger partial charge in [-0.05, 0) is 42.3 Å². The minimum Gasteiger partial charge on any atom is -0.322 e. The van der Waals surface area contributed by atoms with E-state index in [0.717, 1.165) is 5.56 Å². The second kappa shape index (κ2) is 8.80. The van der Waals surface area contributed by atoms with Crippen molar-refractivity contribution in [1.29, 1.82) is 5.26 Å². The zero-order valence-corrected chi connectivity index (χ0v) is 16.5. The van der Waals surface area contributed by atoms with Crippen molar-refractivity contribution < 1.29 is 13.2 Å². The highest BCUT2D eigenvalue weighted by Crippen LogP contribution is 2.22. The Hall–Kier alpha value is -2.69. The van der Waals surface area contributed by atoms with Gasteiger partial charge in [-0.25, -0.2) is 8.42 Å². The van der Waals surface area contributed by atoms with Crippen LogP contribution in [0.4, 0.5) is 5.69 Å². The molecule has 0 aliphatic heterocycles. The lowest BCUT2D eigenvalue weighted by Crippen LogP contribution is -2.31. The van der Waals surface area contributed by atoms with Crippen LogP contribution in [0.5, 0.6) is 0 Å². The number of hydrogen-bond acceptors (Lipinski definition) is 4. The number of rotatable bonds is 7. The average Bonchev–Trinajstić information content (AvgIpc) is 2.64. The van der Waals surface area contributed by atoms with E-state index in [1.54, 1.807) is 57.2 Å². The number of nitriles is 1. The summed E-state index contributed by atoms with van der Waals surface area (Å²) in [6.07, 6.45) is 0.304. The molecule has 0 fully saturated rings. The molecular weight excluding hydrogens is 362 g/mol. The van der Waals surface area contributed by atoms with E-state index in [-0.39, 0.29) is 16.4 Å². The van der Waals surface area contributed by atoms with E-state index < -0.39 is 10.0 Å². The highest BCUT2D eigenvalue weighted by molar-refractivity contribution is 7.89. The molecule has 0 aliphatic carbocycles. The summed E-state index contributed by atoms with van der Waals surface area (Å²) in [6, 6.07) is 13.7. The first-order valence-corrected chi connectivity index (χ1v) is 10.2. The van der Waals surface area contributed by atoms with Crippen LogP contribution in [0, 0.1) is 18.3 Å². The van der Waals surface area contributed by atoms with Crippen LogP contribution in [0.25, 0.3) is 0 Å². The highest BCUT2D eigenvalue weighted by Gasteiger charge is 2.24. The Labute approximate surface area is 160 Å². The number of nitrogens with one attached hydrogen (secondary N) is 1. The average molecular weight is 385 g/mol. The van der Waals surface area contributed by atoms with Gasteiger partial charge in [0.15, 0.2) is 0 Å². The molecule has 0 bridgehead atoms. The van der Waals surface area contributed by atoms with Crippen LogP contribution in [0.2, 0.25) is 0 Å². The third kappa shape index (κ3) is 4.73. The molecule has 0 aliphatic rings. The molecular formula is C20H23N3O3S. The molecule has 2 aromatic rings. The van der Waals surface area contributed by atoms with Crippen LogP contribution >= 0.6 is 0 Å². The number of anilines is 1. The molecule has 0 saturated carbocycles. The van der Waals surface area contributed by atoms with Gasteiger partial charge in [0.1, 0.15) is 0 Å². The first-order valence-electron chi connectivity index (χ1n) is 8.71. The third-order valence-electron chi connectivity index (χ3n) is 4.27.